The molecule has 8 rings (SSSR count). The zero-order valence-corrected chi connectivity index (χ0v) is 88.8. The molecule has 18 N–H and O–H groups in total. The van der Waals surface area contributed by atoms with Crippen LogP contribution in [-0.4, -0.2) is 229 Å². The van der Waals surface area contributed by atoms with Gasteiger partial charge in [-0.25, -0.2) is 14.4 Å². The highest BCUT2D eigenvalue weighted by atomic mass is 16.6. The van der Waals surface area contributed by atoms with Gasteiger partial charge in [0.1, 0.15) is 85.2 Å². The van der Waals surface area contributed by atoms with Crippen molar-refractivity contribution in [2.45, 2.75) is 372 Å². The number of non-ortho nitro benzene ring substituents is 1. The van der Waals surface area contributed by atoms with Crippen molar-refractivity contribution in [3.63, 3.8) is 0 Å². The van der Waals surface area contributed by atoms with Crippen molar-refractivity contribution in [2.24, 2.45) is 97.4 Å². The molecule has 5 fully saturated rings. The SMILES string of the molecule is C/C=C(\N)C(=O)N[C@@H](Cc1ccccc1)C(=O)N[C@H](C(=O)O[C@H](C)[C@@H](NC(=O)[C@H](NC(=O)[C@H](CCCNC(=O)OCc1ccc([N+](=O)[O-])cc1)NC(=O)[C@H]1CCCN1C(=O)[C@H](NC(=O)[C@@H](NC(=O)[C@@H](NC(=O)[C@H](NC(=O)[C@]12CCC(C)(C)C[C@H]1C1=CC[C@@H]3[C@@]4(C)C[C@@H](O)[C@H](O)C(C)(C)[C@@H]4CC[C@@]3(C)[C@]1(C)CC2)C(C)C)[C@@H](C)O)C(C)C)C(C)C)[C@@H](C)CC)C(=O)N[C@@H](C(=O)N[C@@H](C(=O)O)C(C)C)[C@@H](C)CC)C(C)C. The number of nitrogens with zero attached hydrogens (tertiary/aromatic N) is 2. The van der Waals surface area contributed by atoms with Gasteiger partial charge in [-0.1, -0.05) is 206 Å². The molecule has 38 heteroatoms. The van der Waals surface area contributed by atoms with Gasteiger partial charge in [0.2, 0.25) is 65.0 Å². The first-order chi connectivity index (χ1) is 67.2. The van der Waals surface area contributed by atoms with Gasteiger partial charge < -0.3 is 104 Å². The number of esters is 1. The van der Waals surface area contributed by atoms with E-state index in [1.807, 2.05) is 0 Å². The molecule has 13 amide bonds. The maximum absolute atomic E-state index is 15.7. The van der Waals surface area contributed by atoms with Crippen LogP contribution in [0.25, 0.3) is 0 Å². The average Bonchev–Trinajstić information content (AvgIpc) is 0.701. The third-order valence-electron chi connectivity index (χ3n) is 32.6. The van der Waals surface area contributed by atoms with Crippen LogP contribution < -0.4 is 69.5 Å². The van der Waals surface area contributed by atoms with Gasteiger partial charge in [-0.3, -0.25) is 67.6 Å². The number of hydrogen-bond acceptors (Lipinski definition) is 23. The Bertz CT molecular complexity index is 4980. The van der Waals surface area contributed by atoms with E-state index >= 15 is 28.8 Å². The smallest absolute Gasteiger partial charge is 0.407 e. The molecule has 1 heterocycles. The molecular formula is C106H165N15O23. The van der Waals surface area contributed by atoms with Crippen molar-refractivity contribution in [2.75, 3.05) is 13.1 Å². The highest BCUT2D eigenvalue weighted by Crippen LogP contribution is 2.76. The molecule has 0 spiro atoms. The van der Waals surface area contributed by atoms with Crippen LogP contribution in [-0.2, 0) is 89.6 Å². The number of carboxylic acid groups (broad SMARTS) is 1. The first kappa shape index (κ1) is 118. The summed E-state index contributed by atoms with van der Waals surface area (Å²) in [5, 5.41) is 88.4. The van der Waals surface area contributed by atoms with E-state index in [-0.39, 0.29) is 121 Å². The number of nitro groups is 1. The lowest BCUT2D eigenvalue weighted by Gasteiger charge is -2.71. The molecular weight excluding hydrogens is 1850 g/mol. The number of amides is 13. The molecule has 1 aliphatic heterocycles. The van der Waals surface area contributed by atoms with Gasteiger partial charge in [-0.2, -0.15) is 0 Å². The summed E-state index contributed by atoms with van der Waals surface area (Å²) in [6.45, 7) is 42.3. The van der Waals surface area contributed by atoms with Gasteiger partial charge in [0, 0.05) is 31.6 Å². The van der Waals surface area contributed by atoms with Gasteiger partial charge >= 0.3 is 18.0 Å². The monoisotopic (exact) mass is 2020 g/mol. The predicted octanol–water partition coefficient (Wildman–Crippen LogP) is 7.93. The number of alkyl carbamates (subject to hydrolysis) is 1. The molecule has 38 nitrogen and oxygen atoms in total. The lowest BCUT2D eigenvalue weighted by molar-refractivity contribution is -0.384. The van der Waals surface area contributed by atoms with Crippen molar-refractivity contribution in [3.8, 4) is 0 Å². The normalized spacial score (nSPS) is 25.8. The van der Waals surface area contributed by atoms with E-state index in [4.69, 9.17) is 15.2 Å². The predicted molar refractivity (Wildman–Crippen MR) is 539 cm³/mol. The topological polar surface area (TPSA) is 572 Å². The number of aliphatic carboxylic acids is 1. The molecule has 5 aliphatic carbocycles. The Kier molecular flexibility index (Phi) is 40.9. The Balaban J connectivity index is 1.02. The van der Waals surface area contributed by atoms with Crippen LogP contribution in [0.2, 0.25) is 0 Å². The molecule has 0 aromatic heterocycles. The number of nitrogens with one attached hydrogen (secondary N) is 12. The number of rotatable bonds is 46. The first-order valence-electron chi connectivity index (χ1n) is 51.7. The fourth-order valence-corrected chi connectivity index (χ4v) is 23.0. The van der Waals surface area contributed by atoms with E-state index in [0.29, 0.717) is 36.8 Å². The fourth-order valence-electron chi connectivity index (χ4n) is 23.0. The quantitative estimate of drug-likeness (QED) is 0.00746. The number of aliphatic hydroxyl groups is 3. The number of fused-ring (bicyclic) bond motifs is 7. The number of carboxylic acids is 1. The second-order valence-corrected chi connectivity index (χ2v) is 45.2. The minimum atomic E-state index is -1.98. The molecule has 25 atom stereocenters. The summed E-state index contributed by atoms with van der Waals surface area (Å²) in [4.78, 5) is 231. The Morgan fingerprint density at radius 2 is 1.06 bits per heavy atom. The van der Waals surface area contributed by atoms with E-state index < -0.39 is 237 Å². The van der Waals surface area contributed by atoms with Crippen molar-refractivity contribution < 1.29 is 107 Å². The molecule has 1 saturated heterocycles. The molecule has 6 aliphatic rings. The summed E-state index contributed by atoms with van der Waals surface area (Å²) >= 11 is 0. The van der Waals surface area contributed by atoms with E-state index in [1.54, 1.807) is 127 Å². The van der Waals surface area contributed by atoms with Gasteiger partial charge in [0.05, 0.1) is 34.3 Å². The van der Waals surface area contributed by atoms with Crippen molar-refractivity contribution in [1.82, 2.24) is 68.7 Å². The maximum Gasteiger partial charge on any atom is 0.407 e. The largest absolute Gasteiger partial charge is 0.480 e. The van der Waals surface area contributed by atoms with Crippen molar-refractivity contribution in [3.05, 3.63) is 99.3 Å². The van der Waals surface area contributed by atoms with E-state index in [0.717, 1.165) is 32.1 Å². The highest BCUT2D eigenvalue weighted by molar-refractivity contribution is 6.01. The number of carbonyl (C=O) groups is 15. The van der Waals surface area contributed by atoms with Gasteiger partial charge in [-0.05, 0) is 214 Å². The van der Waals surface area contributed by atoms with Crippen molar-refractivity contribution in [1.29, 1.82) is 0 Å². The second kappa shape index (κ2) is 49.8. The third-order valence-corrected chi connectivity index (χ3v) is 32.6. The average molecular weight is 2020 g/mol. The van der Waals surface area contributed by atoms with Gasteiger partial charge in [0.25, 0.3) is 11.6 Å². The summed E-state index contributed by atoms with van der Waals surface area (Å²) in [5.41, 5.74) is 5.54. The number of hydrogen-bond donors (Lipinski definition) is 17. The van der Waals surface area contributed by atoms with Crippen LogP contribution in [0.1, 0.15) is 274 Å². The second-order valence-electron chi connectivity index (χ2n) is 45.2. The number of ether oxygens (including phenoxy) is 2. The Morgan fingerprint density at radius 3 is 1.60 bits per heavy atom. The molecule has 4 saturated carbocycles. The maximum atomic E-state index is 15.7. The lowest BCUT2D eigenvalue weighted by atomic mass is 9.33. The molecule has 0 unspecified atom stereocenters. The van der Waals surface area contributed by atoms with Crippen LogP contribution in [0.4, 0.5) is 10.5 Å². The van der Waals surface area contributed by atoms with Crippen LogP contribution in [0.15, 0.2) is 78.0 Å². The van der Waals surface area contributed by atoms with Crippen LogP contribution in [0.3, 0.4) is 0 Å². The van der Waals surface area contributed by atoms with E-state index in [1.165, 1.54) is 61.6 Å². The Hall–Kier alpha value is -11.1. The number of nitro benzene ring substituents is 1. The summed E-state index contributed by atoms with van der Waals surface area (Å²) < 4.78 is 11.4. The summed E-state index contributed by atoms with van der Waals surface area (Å²) in [6, 6.07) is -4.12. The van der Waals surface area contributed by atoms with Crippen molar-refractivity contribution >= 4 is 94.6 Å². The fraction of sp³-hybridized carbons (Fsp3) is 0.708. The molecule has 0 bridgehead atoms. The van der Waals surface area contributed by atoms with Crippen LogP contribution in [0, 0.1) is 102 Å². The Labute approximate surface area is 848 Å². The highest BCUT2D eigenvalue weighted by Gasteiger charge is 2.70. The lowest BCUT2D eigenvalue weighted by Crippen LogP contribution is -2.67. The third kappa shape index (κ3) is 27.6. The number of aliphatic hydroxyl groups excluding tert-OH is 3. The van der Waals surface area contributed by atoms with Gasteiger partial charge in [-0.15, -0.1) is 0 Å². The first-order valence-corrected chi connectivity index (χ1v) is 51.7. The molecule has 802 valence electrons. The van der Waals surface area contributed by atoms with Crippen LogP contribution >= 0.6 is 0 Å². The number of likely N-dealkylation sites (tertiary alicyclic amines) is 1. The zero-order chi connectivity index (χ0) is 108. The molecule has 0 radical (unpaired) electrons. The summed E-state index contributed by atoms with van der Waals surface area (Å²) in [6.07, 6.45) is 4.39. The number of nitrogens with two attached hydrogens (primary N) is 1. The Morgan fingerprint density at radius 1 is 0.556 bits per heavy atom. The number of carbonyl (C=O) groups excluding carboxylic acids is 14. The van der Waals surface area contributed by atoms with Crippen LogP contribution in [0.5, 0.6) is 0 Å². The standard InChI is InChI=1S/C106H165N15O23/c1-25-60(14)81(93(132)118-84(95(134)116-82(61(15)26-2)92(131)113-79(58(10)11)97(136)137)63(17)144-98(138)80(59(12)13)114-88(127)71(110-86(125)69(107)27-3)51-64-33-29-28-30-34-64)115-87(126)70(35-31-49-108-100(140)143-54-65-37-39-66(40-38-65)121(141)142)109-89(128)72-36-32-50-120(72)96(135)78(57(8)9)112-90(129)76(55(4)5)111-94(133)83(62(16)122)117-91(130)77(56(6)7)119-99(139)106-47-45-101(18,19)52-68(106)67-41-42-75-103(22)53-73(123)85(124)102(20,21)74(103)43-44-105(75,24)104(67,23)46-48-106/h27-30,33-34,37-41,55-63,68,70-85,122-124H,25-26,31-32,35-36,42-54,107H2,1-24H3,(H,108,140)(H,109,128)(H,110,125)(H,111,133)(H,112,129)(H,113,131)(H,114,127)(H,115,126)(H,116,134)(H,117,130)(H,118,132)(H,119,139)(H,136,137)/b69-27-/t60-,61-,62+,63+,68-,70-,71-,72+,73+,74-,75+,76-,77+,78+,79+,80-,81+,82+,83-,84+,85-,103-,104+,105+,106-/m0/s1. The van der Waals surface area contributed by atoms with E-state index in [9.17, 15) is 73.7 Å². The zero-order valence-electron chi connectivity index (χ0n) is 88.8. The molecule has 2 aromatic carbocycles. The van der Waals surface area contributed by atoms with E-state index in [2.05, 4.69) is 118 Å². The molecule has 144 heavy (non-hydrogen) atoms. The number of benzene rings is 2. The molecule has 2 aromatic rings. The number of allylic oxidation sites excluding steroid dienone is 3. The minimum Gasteiger partial charge on any atom is -0.480 e. The summed E-state index contributed by atoms with van der Waals surface area (Å²) in [7, 11) is 0. The summed E-state index contributed by atoms with van der Waals surface area (Å²) in [5.74, 6) is -17.4. The minimum absolute atomic E-state index is 0.0221. The van der Waals surface area contributed by atoms with Gasteiger partial charge in [0.15, 0.2) is 0 Å².